The zero-order chi connectivity index (χ0) is 15.5. The highest BCUT2D eigenvalue weighted by atomic mass is 19.4. The van der Waals surface area contributed by atoms with Crippen LogP contribution in [0, 0.1) is 0 Å². The molecule has 7 heteroatoms. The molecule has 0 aromatic heterocycles. The Morgan fingerprint density at radius 3 is 2.19 bits per heavy atom. The molecule has 0 unspecified atom stereocenters. The molecule has 4 nitrogen and oxygen atoms in total. The van der Waals surface area contributed by atoms with E-state index in [1.807, 2.05) is 0 Å². The molecule has 2 aromatic carbocycles. The number of hydrogen-bond acceptors (Lipinski definition) is 4. The van der Waals surface area contributed by atoms with Crippen molar-refractivity contribution in [3.05, 3.63) is 53.6 Å². The van der Waals surface area contributed by atoms with Gasteiger partial charge in [0.15, 0.2) is 0 Å². The predicted molar refractivity (Wildman–Crippen MR) is 69.4 cm³/mol. The molecule has 0 saturated heterocycles. The molecule has 2 N–H and O–H groups in total. The highest BCUT2D eigenvalue weighted by Crippen LogP contribution is 2.30. The first kappa shape index (κ1) is 14.8. The lowest BCUT2D eigenvalue weighted by Crippen LogP contribution is -2.03. The summed E-state index contributed by atoms with van der Waals surface area (Å²) in [6.45, 7) is 0.0487. The summed E-state index contributed by atoms with van der Waals surface area (Å²) in [7, 11) is 0. The van der Waals surface area contributed by atoms with E-state index in [2.05, 4.69) is 10.2 Å². The molecule has 0 spiro atoms. The topological polar surface area (TPSA) is 65.2 Å². The molecule has 0 saturated carbocycles. The van der Waals surface area contributed by atoms with Crippen LogP contribution in [0.3, 0.4) is 0 Å². The summed E-state index contributed by atoms with van der Waals surface area (Å²) in [5.41, 5.74) is -0.0256. The van der Waals surface area contributed by atoms with Gasteiger partial charge in [-0.15, -0.1) is 0 Å². The Kier molecular flexibility index (Phi) is 4.11. The molecule has 0 aliphatic heterocycles. The Hall–Kier alpha value is -2.57. The summed E-state index contributed by atoms with van der Waals surface area (Å²) < 4.78 is 37.1. The molecule has 0 amide bonds. The van der Waals surface area contributed by atoms with Crippen LogP contribution in [-0.2, 0) is 12.7 Å². The van der Waals surface area contributed by atoms with Crippen LogP contribution in [0.15, 0.2) is 52.7 Å². The van der Waals surface area contributed by atoms with Gasteiger partial charge in [0.2, 0.25) is 0 Å². The van der Waals surface area contributed by atoms with Gasteiger partial charge < -0.3 is 10.2 Å². The third-order valence-electron chi connectivity index (χ3n) is 2.69. The fourth-order valence-electron chi connectivity index (χ4n) is 1.60. The van der Waals surface area contributed by atoms with Gasteiger partial charge in [0.05, 0.1) is 17.8 Å². The van der Waals surface area contributed by atoms with E-state index >= 15 is 0 Å². The first-order valence-corrected chi connectivity index (χ1v) is 5.92. The van der Waals surface area contributed by atoms with Crippen LogP contribution >= 0.6 is 0 Å². The summed E-state index contributed by atoms with van der Waals surface area (Å²) in [4.78, 5) is 0. The number of phenols is 2. The van der Waals surface area contributed by atoms with Crippen molar-refractivity contribution in [2.45, 2.75) is 12.7 Å². The number of nitrogens with zero attached hydrogens (tertiary/aromatic N) is 2. The molecule has 0 atom stereocenters. The zero-order valence-electron chi connectivity index (χ0n) is 10.7. The Balaban J connectivity index is 2.04. The quantitative estimate of drug-likeness (QED) is 0.824. The lowest BCUT2D eigenvalue weighted by atomic mass is 10.2. The van der Waals surface area contributed by atoms with Gasteiger partial charge in [0, 0.05) is 11.6 Å². The number of rotatable bonds is 3. The molecule has 2 rings (SSSR count). The molecule has 2 aromatic rings. The molecular weight excluding hydrogens is 285 g/mol. The number of hydrogen-bond donors (Lipinski definition) is 2. The van der Waals surface area contributed by atoms with Crippen molar-refractivity contribution in [2.75, 3.05) is 0 Å². The van der Waals surface area contributed by atoms with Crippen molar-refractivity contribution in [3.63, 3.8) is 0 Å². The Morgan fingerprint density at radius 2 is 1.62 bits per heavy atom. The second kappa shape index (κ2) is 5.82. The van der Waals surface area contributed by atoms with Crippen molar-refractivity contribution in [1.82, 2.24) is 0 Å². The lowest BCUT2D eigenvalue weighted by molar-refractivity contribution is -0.137. The largest absolute Gasteiger partial charge is 0.508 e. The van der Waals surface area contributed by atoms with Crippen molar-refractivity contribution < 1.29 is 23.4 Å². The van der Waals surface area contributed by atoms with Gasteiger partial charge in [-0.1, -0.05) is 0 Å². The third-order valence-corrected chi connectivity index (χ3v) is 2.69. The van der Waals surface area contributed by atoms with Crippen molar-refractivity contribution in [1.29, 1.82) is 0 Å². The minimum atomic E-state index is -4.38. The van der Waals surface area contributed by atoms with E-state index in [1.165, 1.54) is 30.3 Å². The van der Waals surface area contributed by atoms with E-state index in [0.29, 0.717) is 5.56 Å². The van der Waals surface area contributed by atoms with Crippen LogP contribution < -0.4 is 0 Å². The normalized spacial score (nSPS) is 12.0. The summed E-state index contributed by atoms with van der Waals surface area (Å²) >= 11 is 0. The summed E-state index contributed by atoms with van der Waals surface area (Å²) in [5.74, 6) is -0.197. The SMILES string of the molecule is Oc1ccc(CN=Nc2ccc(C(F)(F)F)cc2)c(O)c1. The standard InChI is InChI=1S/C14H11F3N2O2/c15-14(16,17)10-2-4-11(5-3-10)19-18-8-9-1-6-12(20)7-13(9)21/h1-7,20-21H,8H2. The van der Waals surface area contributed by atoms with E-state index < -0.39 is 11.7 Å². The number of benzene rings is 2. The van der Waals surface area contributed by atoms with Crippen molar-refractivity contribution in [3.8, 4) is 11.5 Å². The number of phenolic OH excluding ortho intramolecular Hbond substituents is 2. The van der Waals surface area contributed by atoms with E-state index in [9.17, 15) is 18.3 Å². The maximum atomic E-state index is 12.4. The van der Waals surface area contributed by atoms with Gasteiger partial charge in [-0.25, -0.2) is 0 Å². The molecule has 0 radical (unpaired) electrons. The minimum absolute atomic E-state index is 0.0487. The second-order valence-corrected chi connectivity index (χ2v) is 4.26. The van der Waals surface area contributed by atoms with Gasteiger partial charge in [-0.2, -0.15) is 23.4 Å². The van der Waals surface area contributed by atoms with E-state index in [-0.39, 0.29) is 23.7 Å². The van der Waals surface area contributed by atoms with Gasteiger partial charge in [0.1, 0.15) is 11.5 Å². The van der Waals surface area contributed by atoms with Gasteiger partial charge >= 0.3 is 6.18 Å². The highest BCUT2D eigenvalue weighted by Gasteiger charge is 2.29. The molecule has 21 heavy (non-hydrogen) atoms. The van der Waals surface area contributed by atoms with Gasteiger partial charge in [-0.05, 0) is 36.4 Å². The maximum absolute atomic E-state index is 12.4. The molecule has 0 aliphatic carbocycles. The van der Waals surface area contributed by atoms with Crippen LogP contribution in [0.2, 0.25) is 0 Å². The number of alkyl halides is 3. The van der Waals surface area contributed by atoms with Crippen LogP contribution in [0.25, 0.3) is 0 Å². The van der Waals surface area contributed by atoms with Crippen LogP contribution in [-0.4, -0.2) is 10.2 Å². The average molecular weight is 296 g/mol. The Labute approximate surface area is 118 Å². The highest BCUT2D eigenvalue weighted by molar-refractivity contribution is 5.40. The van der Waals surface area contributed by atoms with E-state index in [1.54, 1.807) is 0 Å². The van der Waals surface area contributed by atoms with Crippen molar-refractivity contribution >= 4 is 5.69 Å². The molecule has 0 fully saturated rings. The van der Waals surface area contributed by atoms with Crippen LogP contribution in [0.4, 0.5) is 18.9 Å². The van der Waals surface area contributed by atoms with E-state index in [0.717, 1.165) is 12.1 Å². The molecule has 0 heterocycles. The number of azo groups is 1. The summed E-state index contributed by atoms with van der Waals surface area (Å²) in [6.07, 6.45) is -4.38. The molecule has 0 bridgehead atoms. The predicted octanol–water partition coefficient (Wildman–Crippen LogP) is 4.40. The fraction of sp³-hybridized carbons (Fsp3) is 0.143. The molecule has 110 valence electrons. The monoisotopic (exact) mass is 296 g/mol. The maximum Gasteiger partial charge on any atom is 0.416 e. The Bertz CT molecular complexity index is 652. The summed E-state index contributed by atoms with van der Waals surface area (Å²) in [5, 5.41) is 26.2. The minimum Gasteiger partial charge on any atom is -0.508 e. The van der Waals surface area contributed by atoms with Gasteiger partial charge in [0.25, 0.3) is 0 Å². The average Bonchev–Trinajstić information content (AvgIpc) is 2.41. The lowest BCUT2D eigenvalue weighted by Gasteiger charge is -2.05. The smallest absolute Gasteiger partial charge is 0.416 e. The van der Waals surface area contributed by atoms with Crippen LogP contribution in [0.5, 0.6) is 11.5 Å². The van der Waals surface area contributed by atoms with Crippen LogP contribution in [0.1, 0.15) is 11.1 Å². The van der Waals surface area contributed by atoms with Gasteiger partial charge in [-0.3, -0.25) is 0 Å². The number of aromatic hydroxyl groups is 2. The third kappa shape index (κ3) is 3.95. The molecule has 0 aliphatic rings. The first-order chi connectivity index (χ1) is 9.86. The zero-order valence-corrected chi connectivity index (χ0v) is 10.7. The Morgan fingerprint density at radius 1 is 0.952 bits per heavy atom. The fourth-order valence-corrected chi connectivity index (χ4v) is 1.60. The first-order valence-electron chi connectivity index (χ1n) is 5.92. The van der Waals surface area contributed by atoms with E-state index in [4.69, 9.17) is 5.11 Å². The van der Waals surface area contributed by atoms with Crippen molar-refractivity contribution in [2.24, 2.45) is 10.2 Å². The summed E-state index contributed by atoms with van der Waals surface area (Å²) in [6, 6.07) is 8.31. The number of halogens is 3. The molecular formula is C14H11F3N2O2. The second-order valence-electron chi connectivity index (χ2n) is 4.26.